The van der Waals surface area contributed by atoms with Gasteiger partial charge in [0.15, 0.2) is 0 Å². The number of Topliss-reactive ketones (excluding diaryl/α,β-unsaturated/α-hetero) is 1. The van der Waals surface area contributed by atoms with Crippen molar-refractivity contribution >= 4 is 23.0 Å². The Hall–Kier alpha value is -1.49. The van der Waals surface area contributed by atoms with Crippen LogP contribution in [0.5, 0.6) is 0 Å². The zero-order valence-corrected chi connectivity index (χ0v) is 13.7. The number of hydrogen-bond donors (Lipinski definition) is 0. The number of ketones is 1. The molecule has 0 saturated carbocycles. The molecule has 0 aliphatic carbocycles. The summed E-state index contributed by atoms with van der Waals surface area (Å²) in [5.41, 5.74) is -0.190. The van der Waals surface area contributed by atoms with Gasteiger partial charge in [0.25, 0.3) is 5.78 Å². The molecule has 0 radical (unpaired) electrons. The third-order valence-corrected chi connectivity index (χ3v) is 3.38. The van der Waals surface area contributed by atoms with Crippen LogP contribution in [-0.2, 0) is 4.79 Å². The van der Waals surface area contributed by atoms with Crippen molar-refractivity contribution in [3.05, 3.63) is 41.1 Å². The molecule has 0 aromatic heterocycles. The summed E-state index contributed by atoms with van der Waals surface area (Å²) in [6, 6.07) is 5.67. The first-order valence-electron chi connectivity index (χ1n) is 6.90. The Bertz CT molecular complexity index is 540. The number of carbonyl (C=O) groups excluding carboxylic acids is 1. The number of alkyl halides is 3. The summed E-state index contributed by atoms with van der Waals surface area (Å²) in [6.07, 6.45) is -3.64. The second-order valence-corrected chi connectivity index (χ2v) is 5.95. The van der Waals surface area contributed by atoms with Gasteiger partial charge in [-0.2, -0.15) is 13.2 Å². The van der Waals surface area contributed by atoms with Crippen molar-refractivity contribution in [3.63, 3.8) is 0 Å². The third kappa shape index (κ3) is 4.77. The van der Waals surface area contributed by atoms with Crippen LogP contribution in [0.4, 0.5) is 13.2 Å². The lowest BCUT2D eigenvalue weighted by molar-refractivity contribution is -0.164. The fourth-order valence-electron chi connectivity index (χ4n) is 2.09. The van der Waals surface area contributed by atoms with E-state index in [1.165, 1.54) is 30.5 Å². The molecule has 0 unspecified atom stereocenters. The molecule has 0 amide bonds. The van der Waals surface area contributed by atoms with E-state index in [1.807, 2.05) is 27.7 Å². The van der Waals surface area contributed by atoms with E-state index in [1.54, 1.807) is 4.90 Å². The Kier molecular flexibility index (Phi) is 6.06. The fourth-order valence-corrected chi connectivity index (χ4v) is 2.22. The first-order valence-corrected chi connectivity index (χ1v) is 7.28. The lowest BCUT2D eigenvalue weighted by atomic mass is 10.0. The van der Waals surface area contributed by atoms with Gasteiger partial charge in [0.05, 0.1) is 5.57 Å². The molecule has 0 spiro atoms. The fraction of sp³-hybridized carbons (Fsp3) is 0.438. The molecule has 0 fully saturated rings. The van der Waals surface area contributed by atoms with Gasteiger partial charge >= 0.3 is 6.18 Å². The molecule has 1 aromatic carbocycles. The number of halogens is 4. The van der Waals surface area contributed by atoms with Gasteiger partial charge in [-0.1, -0.05) is 23.7 Å². The molecule has 2 nitrogen and oxygen atoms in total. The minimum absolute atomic E-state index is 0.0386. The van der Waals surface area contributed by atoms with Crippen LogP contribution in [0.1, 0.15) is 33.3 Å². The Labute approximate surface area is 133 Å². The zero-order valence-electron chi connectivity index (χ0n) is 12.9. The van der Waals surface area contributed by atoms with Gasteiger partial charge < -0.3 is 4.90 Å². The minimum atomic E-state index is -4.93. The second-order valence-electron chi connectivity index (χ2n) is 5.51. The normalized spacial score (nSPS) is 12.9. The van der Waals surface area contributed by atoms with E-state index in [0.29, 0.717) is 5.02 Å². The predicted octanol–water partition coefficient (Wildman–Crippen LogP) is 4.93. The summed E-state index contributed by atoms with van der Waals surface area (Å²) in [4.78, 5) is 13.5. The number of benzene rings is 1. The Balaban J connectivity index is 3.39. The van der Waals surface area contributed by atoms with E-state index >= 15 is 0 Å². The van der Waals surface area contributed by atoms with Crippen LogP contribution in [-0.4, -0.2) is 28.9 Å². The van der Waals surface area contributed by atoms with Crippen LogP contribution >= 0.6 is 11.6 Å². The van der Waals surface area contributed by atoms with Gasteiger partial charge in [-0.15, -0.1) is 0 Å². The van der Waals surface area contributed by atoms with Gasteiger partial charge in [-0.25, -0.2) is 0 Å². The van der Waals surface area contributed by atoms with Crippen LogP contribution in [0.3, 0.4) is 0 Å². The molecule has 0 bridgehead atoms. The van der Waals surface area contributed by atoms with Crippen molar-refractivity contribution in [1.82, 2.24) is 4.90 Å². The van der Waals surface area contributed by atoms with Crippen molar-refractivity contribution in [1.29, 1.82) is 0 Å². The summed E-state index contributed by atoms with van der Waals surface area (Å²) < 4.78 is 38.6. The van der Waals surface area contributed by atoms with Crippen LogP contribution in [0, 0.1) is 0 Å². The van der Waals surface area contributed by atoms with Crippen molar-refractivity contribution in [2.75, 3.05) is 0 Å². The van der Waals surface area contributed by atoms with Crippen molar-refractivity contribution < 1.29 is 18.0 Å². The SMILES string of the molecule is CC(C)N(/C=C(/C(=O)C(F)(F)F)c1ccc(Cl)cc1)C(C)C. The Morgan fingerprint density at radius 2 is 1.55 bits per heavy atom. The molecule has 0 aliphatic heterocycles. The van der Waals surface area contributed by atoms with Crippen LogP contribution < -0.4 is 0 Å². The molecular weight excluding hydrogens is 315 g/mol. The largest absolute Gasteiger partial charge is 0.454 e. The van der Waals surface area contributed by atoms with Gasteiger partial charge in [0.1, 0.15) is 0 Å². The van der Waals surface area contributed by atoms with E-state index in [9.17, 15) is 18.0 Å². The average Bonchev–Trinajstić information content (AvgIpc) is 2.38. The summed E-state index contributed by atoms with van der Waals surface area (Å²) in [6.45, 7) is 7.42. The maximum absolute atomic E-state index is 12.9. The maximum atomic E-state index is 12.9. The highest BCUT2D eigenvalue weighted by atomic mass is 35.5. The number of rotatable bonds is 5. The van der Waals surface area contributed by atoms with E-state index in [-0.39, 0.29) is 23.2 Å². The molecule has 122 valence electrons. The summed E-state index contributed by atoms with van der Waals surface area (Å²) in [5.74, 6) is -1.86. The molecule has 0 aliphatic rings. The predicted molar refractivity (Wildman–Crippen MR) is 82.6 cm³/mol. The standard InChI is InChI=1S/C16H19ClF3NO/c1-10(2)21(11(3)4)9-14(15(22)16(18,19)20)12-5-7-13(17)8-6-12/h5-11H,1-4H3/b14-9+. The highest BCUT2D eigenvalue weighted by Gasteiger charge is 2.41. The molecule has 0 atom stereocenters. The van der Waals surface area contributed by atoms with E-state index in [0.717, 1.165) is 0 Å². The molecule has 0 heterocycles. The molecule has 22 heavy (non-hydrogen) atoms. The second kappa shape index (κ2) is 7.18. The van der Waals surface area contributed by atoms with Crippen LogP contribution in [0.2, 0.25) is 5.02 Å². The molecular formula is C16H19ClF3NO. The van der Waals surface area contributed by atoms with Crippen molar-refractivity contribution in [2.24, 2.45) is 0 Å². The summed E-state index contributed by atoms with van der Waals surface area (Å²) in [5, 5.41) is 0.395. The van der Waals surface area contributed by atoms with Crippen LogP contribution in [0.15, 0.2) is 30.5 Å². The van der Waals surface area contributed by atoms with Gasteiger partial charge in [-0.05, 0) is 45.4 Å². The van der Waals surface area contributed by atoms with E-state index < -0.39 is 12.0 Å². The van der Waals surface area contributed by atoms with Crippen molar-refractivity contribution in [2.45, 2.75) is 46.0 Å². The smallest absolute Gasteiger partial charge is 0.372 e. The molecule has 1 aromatic rings. The zero-order chi connectivity index (χ0) is 17.1. The maximum Gasteiger partial charge on any atom is 0.454 e. The topological polar surface area (TPSA) is 20.3 Å². The first kappa shape index (κ1) is 18.6. The van der Waals surface area contributed by atoms with Gasteiger partial charge in [0, 0.05) is 23.3 Å². The molecule has 1 rings (SSSR count). The highest BCUT2D eigenvalue weighted by Crippen LogP contribution is 2.29. The summed E-state index contributed by atoms with van der Waals surface area (Å²) in [7, 11) is 0. The Morgan fingerprint density at radius 1 is 1.09 bits per heavy atom. The van der Waals surface area contributed by atoms with Crippen LogP contribution in [0.25, 0.3) is 5.57 Å². The quantitative estimate of drug-likeness (QED) is 0.712. The molecule has 0 N–H and O–H groups in total. The average molecular weight is 334 g/mol. The molecule has 6 heteroatoms. The molecule has 0 saturated heterocycles. The monoisotopic (exact) mass is 333 g/mol. The number of hydrogen-bond acceptors (Lipinski definition) is 2. The van der Waals surface area contributed by atoms with Gasteiger partial charge in [-0.3, -0.25) is 4.79 Å². The van der Waals surface area contributed by atoms with Crippen molar-refractivity contribution in [3.8, 4) is 0 Å². The minimum Gasteiger partial charge on any atom is -0.372 e. The number of nitrogens with zero attached hydrogens (tertiary/aromatic N) is 1. The van der Waals surface area contributed by atoms with E-state index in [4.69, 9.17) is 11.6 Å². The Morgan fingerprint density at radius 3 is 1.91 bits per heavy atom. The lowest BCUT2D eigenvalue weighted by Crippen LogP contribution is -2.34. The summed E-state index contributed by atoms with van der Waals surface area (Å²) >= 11 is 5.76. The lowest BCUT2D eigenvalue weighted by Gasteiger charge is -2.30. The van der Waals surface area contributed by atoms with E-state index in [2.05, 4.69) is 0 Å². The first-order chi connectivity index (χ1) is 10.0. The number of allylic oxidation sites excluding steroid dienone is 1. The number of carbonyl (C=O) groups is 1. The van der Waals surface area contributed by atoms with Gasteiger partial charge in [0.2, 0.25) is 0 Å². The highest BCUT2D eigenvalue weighted by molar-refractivity contribution is 6.30. The third-order valence-electron chi connectivity index (χ3n) is 3.13.